The van der Waals surface area contributed by atoms with Gasteiger partial charge in [-0.15, -0.1) is 11.3 Å². The predicted molar refractivity (Wildman–Crippen MR) is 112 cm³/mol. The summed E-state index contributed by atoms with van der Waals surface area (Å²) in [5.74, 6) is 1.63. The van der Waals surface area contributed by atoms with Gasteiger partial charge < -0.3 is 14.6 Å². The van der Waals surface area contributed by atoms with Crippen LogP contribution < -0.4 is 10.1 Å². The van der Waals surface area contributed by atoms with Gasteiger partial charge in [-0.2, -0.15) is 4.98 Å². The molecule has 3 heterocycles. The zero-order valence-electron chi connectivity index (χ0n) is 15.9. The van der Waals surface area contributed by atoms with E-state index < -0.39 is 0 Å². The maximum Gasteiger partial charge on any atom is 0.241 e. The molecule has 29 heavy (non-hydrogen) atoms. The second-order valence-corrected chi connectivity index (χ2v) is 8.26. The van der Waals surface area contributed by atoms with Crippen LogP contribution >= 0.6 is 22.9 Å². The molecule has 0 spiro atoms. The molecule has 1 aromatic carbocycles. The summed E-state index contributed by atoms with van der Waals surface area (Å²) < 4.78 is 10.5. The number of methoxy groups -OCH3 is 1. The average Bonchev–Trinajstić information content (AvgIpc) is 3.40. The Morgan fingerprint density at radius 3 is 3.10 bits per heavy atom. The third-order valence-electron chi connectivity index (χ3n) is 4.86. The zero-order chi connectivity index (χ0) is 20.2. The molecule has 1 aliphatic rings. The van der Waals surface area contributed by atoms with Crippen molar-refractivity contribution in [1.29, 1.82) is 0 Å². The lowest BCUT2D eigenvalue weighted by atomic mass is 9.97. The third-order valence-corrected chi connectivity index (χ3v) is 6.03. The van der Waals surface area contributed by atoms with Gasteiger partial charge in [0, 0.05) is 12.2 Å². The number of thiophene rings is 1. The van der Waals surface area contributed by atoms with Gasteiger partial charge >= 0.3 is 0 Å². The van der Waals surface area contributed by atoms with E-state index in [1.807, 2.05) is 17.5 Å². The highest BCUT2D eigenvalue weighted by Crippen LogP contribution is 2.28. The molecule has 1 atom stereocenters. The van der Waals surface area contributed by atoms with Gasteiger partial charge in [0.1, 0.15) is 5.75 Å². The molecule has 0 aliphatic carbocycles. The van der Waals surface area contributed by atoms with E-state index >= 15 is 0 Å². The van der Waals surface area contributed by atoms with Crippen molar-refractivity contribution in [3.8, 4) is 16.5 Å². The molecule has 4 rings (SSSR count). The highest BCUT2D eigenvalue weighted by Gasteiger charge is 2.27. The summed E-state index contributed by atoms with van der Waals surface area (Å²) in [4.78, 5) is 20.4. The minimum atomic E-state index is -0.107. The second kappa shape index (κ2) is 8.94. The third kappa shape index (κ3) is 4.77. The van der Waals surface area contributed by atoms with Crippen LogP contribution in [0.5, 0.6) is 5.75 Å². The number of halogens is 1. The van der Waals surface area contributed by atoms with Gasteiger partial charge in [0.2, 0.25) is 17.6 Å². The van der Waals surface area contributed by atoms with Crippen molar-refractivity contribution in [2.45, 2.75) is 19.4 Å². The van der Waals surface area contributed by atoms with Crippen LogP contribution in [0.15, 0.2) is 40.2 Å². The summed E-state index contributed by atoms with van der Waals surface area (Å²) in [5.41, 5.74) is 0.662. The van der Waals surface area contributed by atoms with E-state index in [1.54, 1.807) is 36.6 Å². The Hall–Kier alpha value is -2.42. The topological polar surface area (TPSA) is 80.5 Å². The first-order chi connectivity index (χ1) is 14.1. The van der Waals surface area contributed by atoms with Gasteiger partial charge in [0.15, 0.2) is 0 Å². The fraction of sp³-hybridized carbons (Fsp3) is 0.350. The molecule has 3 aromatic rings. The van der Waals surface area contributed by atoms with Gasteiger partial charge in [-0.1, -0.05) is 22.8 Å². The molecule has 0 saturated carbocycles. The molecular weight excluding hydrogens is 412 g/mol. The summed E-state index contributed by atoms with van der Waals surface area (Å²) in [6.07, 6.45) is 1.78. The highest BCUT2D eigenvalue weighted by molar-refractivity contribution is 7.13. The Morgan fingerprint density at radius 1 is 1.45 bits per heavy atom. The van der Waals surface area contributed by atoms with E-state index in [4.69, 9.17) is 20.9 Å². The lowest BCUT2D eigenvalue weighted by Crippen LogP contribution is -2.40. The largest absolute Gasteiger partial charge is 0.495 e. The van der Waals surface area contributed by atoms with Crippen LogP contribution in [0.2, 0.25) is 5.02 Å². The zero-order valence-corrected chi connectivity index (χ0v) is 17.5. The molecule has 2 aromatic heterocycles. The number of nitrogens with one attached hydrogen (secondary N) is 1. The number of aromatic nitrogens is 2. The molecule has 1 saturated heterocycles. The Kier molecular flexibility index (Phi) is 6.13. The van der Waals surface area contributed by atoms with E-state index in [0.717, 1.165) is 24.3 Å². The Bertz CT molecular complexity index is 976. The molecule has 1 aliphatic heterocycles. The standard InChI is InChI=1S/C20H21ClN4O3S/c1-27-16-7-6-14(10-15(16)21)22-20(26)13-4-2-8-25(11-13)12-18-23-19(24-28-18)17-5-3-9-29-17/h3,5-7,9-10,13H,2,4,8,11-12H2,1H3,(H,22,26)/t13-/m1/s1. The van der Waals surface area contributed by atoms with Crippen molar-refractivity contribution in [3.05, 3.63) is 46.6 Å². The predicted octanol–water partition coefficient (Wildman–Crippen LogP) is 4.31. The minimum absolute atomic E-state index is 0.0132. The second-order valence-electron chi connectivity index (χ2n) is 6.90. The van der Waals surface area contributed by atoms with E-state index in [1.165, 1.54) is 0 Å². The fourth-order valence-electron chi connectivity index (χ4n) is 3.42. The summed E-state index contributed by atoms with van der Waals surface area (Å²) in [5, 5.41) is 9.45. The van der Waals surface area contributed by atoms with E-state index in [2.05, 4.69) is 20.4 Å². The molecular formula is C20H21ClN4O3S. The summed E-state index contributed by atoms with van der Waals surface area (Å²) >= 11 is 7.72. The van der Waals surface area contributed by atoms with Gasteiger partial charge in [0.05, 0.1) is 29.5 Å². The van der Waals surface area contributed by atoms with Crippen molar-refractivity contribution < 1.29 is 14.1 Å². The van der Waals surface area contributed by atoms with Gasteiger partial charge in [-0.05, 0) is 49.0 Å². The van der Waals surface area contributed by atoms with E-state index in [0.29, 0.717) is 41.3 Å². The normalized spacial score (nSPS) is 17.2. The van der Waals surface area contributed by atoms with Gasteiger partial charge in [-0.25, -0.2) is 0 Å². The molecule has 0 bridgehead atoms. The van der Waals surface area contributed by atoms with E-state index in [9.17, 15) is 4.79 Å². The lowest BCUT2D eigenvalue weighted by Gasteiger charge is -2.30. The number of carbonyl (C=O) groups excluding carboxylic acids is 1. The number of benzene rings is 1. The molecule has 7 nitrogen and oxygen atoms in total. The molecule has 1 fully saturated rings. The van der Waals surface area contributed by atoms with Crippen LogP contribution in [0.25, 0.3) is 10.7 Å². The number of amides is 1. The van der Waals surface area contributed by atoms with Gasteiger partial charge in [0.25, 0.3) is 0 Å². The maximum atomic E-state index is 12.7. The number of piperidine rings is 1. The molecule has 1 N–H and O–H groups in total. The van der Waals surface area contributed by atoms with Crippen LogP contribution in [0.4, 0.5) is 5.69 Å². The van der Waals surface area contributed by atoms with Crippen LogP contribution in [0.3, 0.4) is 0 Å². The molecule has 152 valence electrons. The Balaban J connectivity index is 1.35. The van der Waals surface area contributed by atoms with Crippen molar-refractivity contribution in [2.75, 3.05) is 25.5 Å². The Morgan fingerprint density at radius 2 is 2.34 bits per heavy atom. The first-order valence-corrected chi connectivity index (χ1v) is 10.6. The number of nitrogens with zero attached hydrogens (tertiary/aromatic N) is 3. The van der Waals surface area contributed by atoms with Crippen molar-refractivity contribution in [3.63, 3.8) is 0 Å². The van der Waals surface area contributed by atoms with Crippen LogP contribution in [0, 0.1) is 5.92 Å². The fourth-order valence-corrected chi connectivity index (χ4v) is 4.32. The van der Waals surface area contributed by atoms with Gasteiger partial charge in [-0.3, -0.25) is 9.69 Å². The van der Waals surface area contributed by atoms with Crippen LogP contribution in [-0.4, -0.2) is 41.1 Å². The van der Waals surface area contributed by atoms with Crippen molar-refractivity contribution >= 4 is 34.5 Å². The summed E-state index contributed by atoms with van der Waals surface area (Å²) in [6.45, 7) is 2.08. The number of likely N-dealkylation sites (tertiary alicyclic amines) is 1. The first kappa shape index (κ1) is 19.9. The molecule has 0 unspecified atom stereocenters. The van der Waals surface area contributed by atoms with E-state index in [-0.39, 0.29) is 11.8 Å². The highest BCUT2D eigenvalue weighted by atomic mass is 35.5. The lowest BCUT2D eigenvalue weighted by molar-refractivity contribution is -0.121. The monoisotopic (exact) mass is 432 g/mol. The number of carbonyl (C=O) groups is 1. The molecule has 1 amide bonds. The minimum Gasteiger partial charge on any atom is -0.495 e. The Labute approximate surface area is 177 Å². The maximum absolute atomic E-state index is 12.7. The van der Waals surface area contributed by atoms with Crippen LogP contribution in [-0.2, 0) is 11.3 Å². The average molecular weight is 433 g/mol. The smallest absolute Gasteiger partial charge is 0.241 e. The number of rotatable bonds is 6. The summed E-state index contributed by atoms with van der Waals surface area (Å²) in [6, 6.07) is 9.15. The SMILES string of the molecule is COc1ccc(NC(=O)[C@@H]2CCCN(Cc3nc(-c4cccs4)no3)C2)cc1Cl. The number of hydrogen-bond acceptors (Lipinski definition) is 7. The summed E-state index contributed by atoms with van der Waals surface area (Å²) in [7, 11) is 1.56. The molecule has 9 heteroatoms. The molecule has 0 radical (unpaired) electrons. The number of anilines is 1. The van der Waals surface area contributed by atoms with Crippen molar-refractivity contribution in [2.24, 2.45) is 5.92 Å². The number of hydrogen-bond donors (Lipinski definition) is 1. The van der Waals surface area contributed by atoms with Crippen LogP contribution in [0.1, 0.15) is 18.7 Å². The first-order valence-electron chi connectivity index (χ1n) is 9.35. The quantitative estimate of drug-likeness (QED) is 0.625. The van der Waals surface area contributed by atoms with Crippen molar-refractivity contribution in [1.82, 2.24) is 15.0 Å². The number of ether oxygens (including phenoxy) is 1.